The molecule has 0 spiro atoms. The van der Waals surface area contributed by atoms with Gasteiger partial charge in [-0.25, -0.2) is 4.98 Å². The van der Waals surface area contributed by atoms with Crippen molar-refractivity contribution in [3.05, 3.63) is 160 Å². The fourth-order valence-electron chi connectivity index (χ4n) is 7.43. The number of carbonyl (C=O) groups excluding carboxylic acids is 3. The summed E-state index contributed by atoms with van der Waals surface area (Å²) >= 11 is 4.87. The smallest absolute Gasteiger partial charge is 0.249 e. The number of rotatable bonds is 11. The SMILES string of the molecule is CCc1ccc(-c2sc3nc2C2=N[C@@](C)(CS2)C(=O)NC(C(C)C)C(=O)NC(/C=C/CCSC(c2ccccc2)(c2ccccc2)c2ccccc2)CC(=O)NC3)cc1. The Morgan fingerprint density at radius 3 is 2.05 bits per heavy atom. The van der Waals surface area contributed by atoms with Crippen molar-refractivity contribution in [3.8, 4) is 10.4 Å². The van der Waals surface area contributed by atoms with E-state index in [-0.39, 0.29) is 36.6 Å². The Hall–Kier alpha value is -4.97. The molecule has 3 amide bonds. The number of nitrogens with one attached hydrogen (secondary N) is 3. The second kappa shape index (κ2) is 19.0. The van der Waals surface area contributed by atoms with E-state index < -0.39 is 22.4 Å². The van der Waals surface area contributed by atoms with E-state index in [1.165, 1.54) is 45.4 Å². The van der Waals surface area contributed by atoms with Crippen molar-refractivity contribution in [3.63, 3.8) is 0 Å². The molecule has 2 aliphatic heterocycles. The van der Waals surface area contributed by atoms with Crippen LogP contribution in [-0.2, 0) is 32.1 Å². The summed E-state index contributed by atoms with van der Waals surface area (Å²) in [5, 5.41) is 10.6. The summed E-state index contributed by atoms with van der Waals surface area (Å²) in [4.78, 5) is 52.5. The molecule has 0 saturated carbocycles. The highest BCUT2D eigenvalue weighted by molar-refractivity contribution is 8.14. The molecule has 304 valence electrons. The van der Waals surface area contributed by atoms with E-state index in [9.17, 15) is 14.4 Å². The summed E-state index contributed by atoms with van der Waals surface area (Å²) in [6.45, 7) is 7.99. The first kappa shape index (κ1) is 42.2. The van der Waals surface area contributed by atoms with Crippen molar-refractivity contribution in [1.82, 2.24) is 20.9 Å². The van der Waals surface area contributed by atoms with Crippen LogP contribution in [0.4, 0.5) is 0 Å². The molecule has 0 fully saturated rings. The molecule has 5 aromatic rings. The number of hydrogen-bond donors (Lipinski definition) is 3. The molecule has 0 radical (unpaired) electrons. The molecular formula is C48H51N5O3S3. The van der Waals surface area contributed by atoms with E-state index in [0.29, 0.717) is 22.9 Å². The Bertz CT molecular complexity index is 2200. The van der Waals surface area contributed by atoms with E-state index in [1.54, 1.807) is 0 Å². The van der Waals surface area contributed by atoms with Gasteiger partial charge in [0.2, 0.25) is 17.7 Å². The van der Waals surface area contributed by atoms with E-state index in [0.717, 1.165) is 27.6 Å². The van der Waals surface area contributed by atoms with E-state index in [2.05, 4.69) is 126 Å². The van der Waals surface area contributed by atoms with Crippen molar-refractivity contribution in [2.24, 2.45) is 10.9 Å². The lowest BCUT2D eigenvalue weighted by molar-refractivity contribution is -0.132. The van der Waals surface area contributed by atoms with Crippen molar-refractivity contribution in [2.45, 2.75) is 75.9 Å². The van der Waals surface area contributed by atoms with Crippen molar-refractivity contribution in [2.75, 3.05) is 11.5 Å². The number of thiazole rings is 1. The van der Waals surface area contributed by atoms with Crippen LogP contribution in [-0.4, -0.2) is 56.9 Å². The molecule has 3 atom stereocenters. The third-order valence-corrected chi connectivity index (χ3v) is 14.7. The Kier molecular flexibility index (Phi) is 13.5. The minimum Gasteiger partial charge on any atom is -0.350 e. The Balaban J connectivity index is 1.15. The number of amides is 3. The molecule has 0 aliphatic carbocycles. The zero-order valence-electron chi connectivity index (χ0n) is 33.9. The van der Waals surface area contributed by atoms with E-state index in [4.69, 9.17) is 9.98 Å². The van der Waals surface area contributed by atoms with Gasteiger partial charge in [0.1, 0.15) is 27.3 Å². The Morgan fingerprint density at radius 1 is 0.864 bits per heavy atom. The molecule has 4 aromatic carbocycles. The summed E-state index contributed by atoms with van der Waals surface area (Å²) in [6.07, 6.45) is 5.62. The van der Waals surface area contributed by atoms with Crippen molar-refractivity contribution in [1.29, 1.82) is 0 Å². The normalized spacial score (nSPS) is 20.3. The van der Waals surface area contributed by atoms with Gasteiger partial charge in [-0.05, 0) is 59.3 Å². The van der Waals surface area contributed by atoms with Crippen LogP contribution in [0.15, 0.2) is 132 Å². The van der Waals surface area contributed by atoms with Crippen molar-refractivity contribution >= 4 is 57.6 Å². The van der Waals surface area contributed by atoms with E-state index in [1.807, 2.05) is 56.8 Å². The number of benzene rings is 4. The fourth-order valence-corrected chi connectivity index (χ4v) is 11.1. The van der Waals surface area contributed by atoms with Crippen LogP contribution in [0, 0.1) is 5.92 Å². The first-order valence-corrected chi connectivity index (χ1v) is 23.1. The molecule has 3 N–H and O–H groups in total. The molecule has 1 aromatic heterocycles. The van der Waals surface area contributed by atoms with Crippen LogP contribution in [0.25, 0.3) is 10.4 Å². The van der Waals surface area contributed by atoms with Gasteiger partial charge in [0.15, 0.2) is 0 Å². The average Bonchev–Trinajstić information content (AvgIpc) is 3.88. The first-order valence-electron chi connectivity index (χ1n) is 20.3. The Morgan fingerprint density at radius 2 is 1.47 bits per heavy atom. The lowest BCUT2D eigenvalue weighted by atomic mass is 9.84. The highest BCUT2D eigenvalue weighted by atomic mass is 32.2. The monoisotopic (exact) mass is 841 g/mol. The fraction of sp³-hybridized carbons (Fsp3) is 0.312. The number of nitrogens with zero attached hydrogens (tertiary/aromatic N) is 2. The van der Waals surface area contributed by atoms with E-state index >= 15 is 0 Å². The second-order valence-electron chi connectivity index (χ2n) is 15.5. The zero-order chi connectivity index (χ0) is 41.4. The predicted octanol–water partition coefficient (Wildman–Crippen LogP) is 8.94. The lowest BCUT2D eigenvalue weighted by Gasteiger charge is -2.35. The molecule has 0 saturated heterocycles. The molecule has 59 heavy (non-hydrogen) atoms. The lowest BCUT2D eigenvalue weighted by Crippen LogP contribution is -2.56. The largest absolute Gasteiger partial charge is 0.350 e. The van der Waals surface area contributed by atoms with Crippen LogP contribution in [0.5, 0.6) is 0 Å². The van der Waals surface area contributed by atoms with Crippen LogP contribution >= 0.6 is 34.9 Å². The van der Waals surface area contributed by atoms with Gasteiger partial charge < -0.3 is 16.0 Å². The molecule has 2 unspecified atom stereocenters. The molecular weight excluding hydrogens is 791 g/mol. The number of aliphatic imine (C=N–C) groups is 1. The highest BCUT2D eigenvalue weighted by Crippen LogP contribution is 2.48. The van der Waals surface area contributed by atoms with Gasteiger partial charge in [0.25, 0.3) is 0 Å². The number of hydrogen-bond acceptors (Lipinski definition) is 8. The number of fused-ring (bicyclic) bond motifs is 4. The van der Waals surface area contributed by atoms with Gasteiger partial charge >= 0.3 is 0 Å². The maximum atomic E-state index is 14.0. The van der Waals surface area contributed by atoms with Crippen molar-refractivity contribution < 1.29 is 14.4 Å². The quantitative estimate of drug-likeness (QED) is 0.0696. The summed E-state index contributed by atoms with van der Waals surface area (Å²) in [5.41, 5.74) is 5.45. The standard InChI is InChI=1S/C48H51N5O3S3/c1-5-33-24-26-34(27-25-33)43-42-45-53-47(4,31-57-45)46(56)52-41(32(2)3)44(55)50-38(29-39(54)49-30-40(51-42)59-43)23-15-16-28-58-48(35-17-9-6-10-18-35,36-19-11-7-12-20-36)37-21-13-8-14-22-37/h6-15,17-27,32,38,41H,5,16,28-31H2,1-4H3,(H,49,54)(H,50,55)(H,52,56)/b23-15+/t38?,41?,47-/m0/s1. The number of aryl methyl sites for hydroxylation is 1. The summed E-state index contributed by atoms with van der Waals surface area (Å²) in [5.74, 6) is 0.102. The maximum absolute atomic E-state index is 14.0. The molecule has 8 nitrogen and oxygen atoms in total. The summed E-state index contributed by atoms with van der Waals surface area (Å²) in [6, 6.07) is 38.8. The minimum atomic E-state index is -1.09. The third kappa shape index (κ3) is 9.59. The summed E-state index contributed by atoms with van der Waals surface area (Å²) in [7, 11) is 0. The molecule has 3 heterocycles. The van der Waals surface area contributed by atoms with Gasteiger partial charge in [0.05, 0.1) is 28.6 Å². The highest BCUT2D eigenvalue weighted by Gasteiger charge is 2.42. The predicted molar refractivity (Wildman–Crippen MR) is 245 cm³/mol. The Labute approximate surface area is 360 Å². The maximum Gasteiger partial charge on any atom is 0.249 e. The molecule has 7 rings (SSSR count). The van der Waals surface area contributed by atoms with Gasteiger partial charge in [0, 0.05) is 5.75 Å². The van der Waals surface area contributed by atoms with Gasteiger partial charge in [-0.2, -0.15) is 0 Å². The van der Waals surface area contributed by atoms with Crippen LogP contribution in [0.3, 0.4) is 0 Å². The number of carbonyl (C=O) groups is 3. The summed E-state index contributed by atoms with van der Waals surface area (Å²) < 4.78 is -0.454. The molecule has 2 aliphatic rings. The number of aromatic nitrogens is 1. The average molecular weight is 842 g/mol. The third-order valence-electron chi connectivity index (χ3n) is 10.7. The minimum absolute atomic E-state index is 0.0278. The first-order chi connectivity index (χ1) is 28.6. The van der Waals surface area contributed by atoms with Gasteiger partial charge in [-0.3, -0.25) is 19.4 Å². The van der Waals surface area contributed by atoms with Crippen LogP contribution in [0.2, 0.25) is 0 Å². The second-order valence-corrected chi connectivity index (χ2v) is 18.8. The van der Waals surface area contributed by atoms with Gasteiger partial charge in [-0.1, -0.05) is 148 Å². The number of thioether (sulfide) groups is 2. The zero-order valence-corrected chi connectivity index (χ0v) is 36.4. The number of allylic oxidation sites excluding steroid dienone is 1. The topological polar surface area (TPSA) is 113 Å². The van der Waals surface area contributed by atoms with Crippen LogP contribution < -0.4 is 16.0 Å². The molecule has 11 heteroatoms. The van der Waals surface area contributed by atoms with Crippen LogP contribution in [0.1, 0.15) is 73.5 Å². The van der Waals surface area contributed by atoms with Gasteiger partial charge in [-0.15, -0.1) is 34.9 Å². The molecule has 4 bridgehead atoms.